The minimum absolute atomic E-state index is 0.0519. The second-order valence-corrected chi connectivity index (χ2v) is 7.42. The van der Waals surface area contributed by atoms with Gasteiger partial charge in [-0.05, 0) is 50.1 Å². The number of aromatic amines is 1. The molecule has 4 rings (SSSR count). The molecule has 0 atom stereocenters. The molecular weight excluding hydrogens is 382 g/mol. The molecular formula is C21H25N7O2. The van der Waals surface area contributed by atoms with Gasteiger partial charge in [0.05, 0.1) is 16.7 Å². The first kappa shape index (κ1) is 19.7. The standard InChI is InChI=1S/C21H25N7O2/c1-4-22-21(30)26-20-24-16-10-15(14-6-9-27(13(2)3)18(29)12-14)11-17(19(16)25-20)28-8-5-7-23-28/h6-7,9-13H,4-5,8H2,1-3H3,(H3,22,24,25,26,30). The van der Waals surface area contributed by atoms with Crippen molar-refractivity contribution in [3.63, 3.8) is 0 Å². The topological polar surface area (TPSA) is 107 Å². The van der Waals surface area contributed by atoms with E-state index in [-0.39, 0.29) is 17.6 Å². The van der Waals surface area contributed by atoms with E-state index in [1.807, 2.05) is 56.4 Å². The number of fused-ring (bicyclic) bond motifs is 1. The number of urea groups is 1. The highest BCUT2D eigenvalue weighted by Crippen LogP contribution is 2.33. The van der Waals surface area contributed by atoms with E-state index in [1.54, 1.807) is 10.6 Å². The maximum Gasteiger partial charge on any atom is 0.321 e. The lowest BCUT2D eigenvalue weighted by atomic mass is 10.0. The zero-order valence-electron chi connectivity index (χ0n) is 17.3. The molecule has 3 heterocycles. The zero-order valence-corrected chi connectivity index (χ0v) is 17.3. The van der Waals surface area contributed by atoms with Crippen LogP contribution in [0.15, 0.2) is 40.4 Å². The second kappa shape index (κ2) is 8.02. The Bertz CT molecular complexity index is 1180. The number of imidazole rings is 1. The van der Waals surface area contributed by atoms with Crippen molar-refractivity contribution in [2.75, 3.05) is 23.4 Å². The number of hydrogen-bond acceptors (Lipinski definition) is 5. The molecule has 1 aliphatic rings. The third-order valence-corrected chi connectivity index (χ3v) is 4.95. The van der Waals surface area contributed by atoms with Gasteiger partial charge in [0.1, 0.15) is 0 Å². The van der Waals surface area contributed by atoms with Gasteiger partial charge >= 0.3 is 6.03 Å². The lowest BCUT2D eigenvalue weighted by Crippen LogP contribution is -2.28. The number of aromatic nitrogens is 3. The average Bonchev–Trinajstić information content (AvgIpc) is 3.36. The van der Waals surface area contributed by atoms with Crippen molar-refractivity contribution in [2.24, 2.45) is 5.10 Å². The molecule has 9 nitrogen and oxygen atoms in total. The van der Waals surface area contributed by atoms with Gasteiger partial charge in [-0.25, -0.2) is 9.78 Å². The molecule has 0 saturated carbocycles. The molecule has 0 bridgehead atoms. The van der Waals surface area contributed by atoms with Crippen LogP contribution in [0.25, 0.3) is 22.2 Å². The molecule has 1 aromatic carbocycles. The van der Waals surface area contributed by atoms with Crippen LogP contribution >= 0.6 is 0 Å². The summed E-state index contributed by atoms with van der Waals surface area (Å²) in [6.07, 6.45) is 4.54. The Morgan fingerprint density at radius 2 is 2.10 bits per heavy atom. The monoisotopic (exact) mass is 407 g/mol. The van der Waals surface area contributed by atoms with Crippen LogP contribution in [0.5, 0.6) is 0 Å². The lowest BCUT2D eigenvalue weighted by molar-refractivity contribution is 0.252. The first-order valence-corrected chi connectivity index (χ1v) is 10.1. The molecule has 2 aromatic heterocycles. The molecule has 30 heavy (non-hydrogen) atoms. The molecule has 0 saturated heterocycles. The predicted octanol–water partition coefficient (Wildman–Crippen LogP) is 3.31. The van der Waals surface area contributed by atoms with E-state index in [0.29, 0.717) is 18.0 Å². The first-order valence-electron chi connectivity index (χ1n) is 10.1. The maximum absolute atomic E-state index is 12.5. The van der Waals surface area contributed by atoms with E-state index < -0.39 is 0 Å². The van der Waals surface area contributed by atoms with Gasteiger partial charge in [0.25, 0.3) is 5.56 Å². The summed E-state index contributed by atoms with van der Waals surface area (Å²) < 4.78 is 1.69. The highest BCUT2D eigenvalue weighted by molar-refractivity contribution is 5.97. The van der Waals surface area contributed by atoms with Gasteiger partial charge < -0.3 is 14.9 Å². The van der Waals surface area contributed by atoms with E-state index in [2.05, 4.69) is 25.7 Å². The second-order valence-electron chi connectivity index (χ2n) is 7.42. The molecule has 0 spiro atoms. The van der Waals surface area contributed by atoms with Gasteiger partial charge in [-0.1, -0.05) is 0 Å². The molecule has 3 aromatic rings. The molecule has 0 fully saturated rings. The number of pyridine rings is 1. The van der Waals surface area contributed by atoms with Crippen LogP contribution in [0.1, 0.15) is 33.2 Å². The summed E-state index contributed by atoms with van der Waals surface area (Å²) in [5, 5.41) is 11.7. The van der Waals surface area contributed by atoms with E-state index in [4.69, 9.17) is 0 Å². The quantitative estimate of drug-likeness (QED) is 0.603. The number of carbonyl (C=O) groups is 1. The molecule has 2 amide bonds. The number of H-pyrrole nitrogens is 1. The third kappa shape index (κ3) is 3.78. The molecule has 156 valence electrons. The van der Waals surface area contributed by atoms with Gasteiger partial charge in [-0.3, -0.25) is 15.1 Å². The Morgan fingerprint density at radius 3 is 2.77 bits per heavy atom. The van der Waals surface area contributed by atoms with Gasteiger partial charge in [0, 0.05) is 44.0 Å². The van der Waals surface area contributed by atoms with Crippen LogP contribution in [0.2, 0.25) is 0 Å². The molecule has 1 aliphatic heterocycles. The number of anilines is 2. The van der Waals surface area contributed by atoms with Crippen LogP contribution in [-0.2, 0) is 0 Å². The fraction of sp³-hybridized carbons (Fsp3) is 0.333. The summed E-state index contributed by atoms with van der Waals surface area (Å²) in [6.45, 7) is 7.08. The van der Waals surface area contributed by atoms with Crippen molar-refractivity contribution in [1.82, 2.24) is 19.9 Å². The minimum Gasteiger partial charge on any atom is -0.338 e. The van der Waals surface area contributed by atoms with E-state index in [0.717, 1.165) is 35.3 Å². The molecule has 9 heteroatoms. The third-order valence-electron chi connectivity index (χ3n) is 4.95. The normalized spacial score (nSPS) is 13.4. The Balaban J connectivity index is 1.81. The fourth-order valence-corrected chi connectivity index (χ4v) is 3.51. The van der Waals surface area contributed by atoms with Crippen molar-refractivity contribution in [2.45, 2.75) is 33.2 Å². The summed E-state index contributed by atoms with van der Waals surface area (Å²) >= 11 is 0. The van der Waals surface area contributed by atoms with E-state index >= 15 is 0 Å². The summed E-state index contributed by atoms with van der Waals surface area (Å²) in [4.78, 5) is 32.1. The Morgan fingerprint density at radius 1 is 1.27 bits per heavy atom. The van der Waals surface area contributed by atoms with Crippen molar-refractivity contribution in [1.29, 1.82) is 0 Å². The molecule has 3 N–H and O–H groups in total. The number of hydrogen-bond donors (Lipinski definition) is 3. The summed E-state index contributed by atoms with van der Waals surface area (Å²) in [7, 11) is 0. The largest absolute Gasteiger partial charge is 0.338 e. The lowest BCUT2D eigenvalue weighted by Gasteiger charge is -2.16. The van der Waals surface area contributed by atoms with Crippen molar-refractivity contribution < 1.29 is 4.79 Å². The zero-order chi connectivity index (χ0) is 21.3. The number of hydrazone groups is 1. The van der Waals surface area contributed by atoms with Crippen molar-refractivity contribution >= 4 is 34.9 Å². The molecule has 0 unspecified atom stereocenters. The van der Waals surface area contributed by atoms with Gasteiger partial charge in [-0.15, -0.1) is 0 Å². The van der Waals surface area contributed by atoms with Gasteiger partial charge in [-0.2, -0.15) is 5.10 Å². The molecule has 0 radical (unpaired) electrons. The van der Waals surface area contributed by atoms with Crippen molar-refractivity contribution in [3.05, 3.63) is 40.8 Å². The number of nitrogens with one attached hydrogen (secondary N) is 3. The van der Waals surface area contributed by atoms with Crippen molar-refractivity contribution in [3.8, 4) is 11.1 Å². The van der Waals surface area contributed by atoms with Gasteiger partial charge in [0.2, 0.25) is 5.95 Å². The Hall–Kier alpha value is -3.62. The van der Waals surface area contributed by atoms with E-state index in [9.17, 15) is 9.59 Å². The summed E-state index contributed by atoms with van der Waals surface area (Å²) in [5.74, 6) is 0.354. The Kier molecular flexibility index (Phi) is 5.26. The number of benzene rings is 1. The predicted molar refractivity (Wildman–Crippen MR) is 119 cm³/mol. The summed E-state index contributed by atoms with van der Waals surface area (Å²) in [5.41, 5.74) is 3.93. The number of amides is 2. The van der Waals surface area contributed by atoms with Crippen LogP contribution in [0.3, 0.4) is 0 Å². The van der Waals surface area contributed by atoms with Crippen LogP contribution in [0.4, 0.5) is 16.4 Å². The number of rotatable bonds is 5. The first-order chi connectivity index (χ1) is 14.5. The SMILES string of the molecule is CCNC(=O)Nc1nc2cc(-c3ccn(C(C)C)c(=O)c3)cc(N3CCC=N3)c2[nH]1. The molecule has 0 aliphatic carbocycles. The average molecular weight is 407 g/mol. The van der Waals surface area contributed by atoms with Crippen LogP contribution in [-0.4, -0.2) is 39.9 Å². The Labute approximate surface area is 173 Å². The highest BCUT2D eigenvalue weighted by atomic mass is 16.2. The van der Waals surface area contributed by atoms with Crippen LogP contribution in [0, 0.1) is 0 Å². The summed E-state index contributed by atoms with van der Waals surface area (Å²) in [6, 6.07) is 7.24. The number of nitrogens with zero attached hydrogens (tertiary/aromatic N) is 4. The van der Waals surface area contributed by atoms with Crippen LogP contribution < -0.4 is 21.2 Å². The fourth-order valence-electron chi connectivity index (χ4n) is 3.51. The minimum atomic E-state index is -0.324. The number of carbonyl (C=O) groups excluding carboxylic acids is 1. The van der Waals surface area contributed by atoms with E-state index in [1.165, 1.54) is 0 Å². The smallest absolute Gasteiger partial charge is 0.321 e. The maximum atomic E-state index is 12.5. The highest BCUT2D eigenvalue weighted by Gasteiger charge is 2.18. The van der Waals surface area contributed by atoms with Gasteiger partial charge in [0.15, 0.2) is 0 Å².